The molecular formula is C10H24N2. The summed E-state index contributed by atoms with van der Waals surface area (Å²) in [6.45, 7) is 6.23. The molecule has 12 heavy (non-hydrogen) atoms. The van der Waals surface area contributed by atoms with Crippen molar-refractivity contribution in [2.75, 3.05) is 13.1 Å². The summed E-state index contributed by atoms with van der Waals surface area (Å²) in [5.41, 5.74) is 11.4. The first-order valence-corrected chi connectivity index (χ1v) is 5.02. The zero-order valence-corrected chi connectivity index (χ0v) is 8.60. The molecule has 0 atom stereocenters. The van der Waals surface area contributed by atoms with Gasteiger partial charge in [0.1, 0.15) is 0 Å². The van der Waals surface area contributed by atoms with Gasteiger partial charge >= 0.3 is 0 Å². The Kier molecular flexibility index (Phi) is 6.39. The molecule has 0 aliphatic rings. The Morgan fingerprint density at radius 1 is 0.833 bits per heavy atom. The number of hydrogen-bond acceptors (Lipinski definition) is 2. The van der Waals surface area contributed by atoms with Gasteiger partial charge in [0, 0.05) is 0 Å². The van der Waals surface area contributed by atoms with Crippen LogP contribution in [0.2, 0.25) is 0 Å². The fraction of sp³-hybridized carbons (Fsp3) is 1.00. The second-order valence-electron chi connectivity index (χ2n) is 4.30. The average Bonchev–Trinajstić information content (AvgIpc) is 1.98. The Balaban J connectivity index is 3.33. The first kappa shape index (κ1) is 11.9. The van der Waals surface area contributed by atoms with Crippen molar-refractivity contribution in [3.05, 3.63) is 0 Å². The molecule has 2 nitrogen and oxygen atoms in total. The Morgan fingerprint density at radius 3 is 2.00 bits per heavy atom. The first-order valence-electron chi connectivity index (χ1n) is 5.02. The molecule has 0 aliphatic heterocycles. The maximum absolute atomic E-state index is 5.53. The van der Waals surface area contributed by atoms with Crippen molar-refractivity contribution in [3.63, 3.8) is 0 Å². The Morgan fingerprint density at radius 2 is 1.50 bits per heavy atom. The number of hydrogen-bond donors (Lipinski definition) is 2. The molecule has 74 valence electrons. The topological polar surface area (TPSA) is 52.0 Å². The van der Waals surface area contributed by atoms with Gasteiger partial charge in [-0.15, -0.1) is 0 Å². The van der Waals surface area contributed by atoms with E-state index in [-0.39, 0.29) is 0 Å². The molecule has 0 amide bonds. The second kappa shape index (κ2) is 6.44. The minimum atomic E-state index is 0.434. The van der Waals surface area contributed by atoms with Crippen molar-refractivity contribution < 1.29 is 0 Å². The zero-order chi connectivity index (χ0) is 9.45. The molecule has 0 saturated heterocycles. The van der Waals surface area contributed by atoms with Gasteiger partial charge in [-0.25, -0.2) is 0 Å². The number of nitrogens with two attached hydrogens (primary N) is 2. The van der Waals surface area contributed by atoms with E-state index in [2.05, 4.69) is 13.8 Å². The summed E-state index contributed by atoms with van der Waals surface area (Å²) < 4.78 is 0. The molecule has 0 heterocycles. The average molecular weight is 172 g/mol. The van der Waals surface area contributed by atoms with Crippen molar-refractivity contribution in [2.45, 2.75) is 46.0 Å². The van der Waals surface area contributed by atoms with Gasteiger partial charge in [0.2, 0.25) is 0 Å². The summed E-state index contributed by atoms with van der Waals surface area (Å²) in [5, 5.41) is 0. The van der Waals surface area contributed by atoms with E-state index in [0.29, 0.717) is 5.41 Å². The Labute approximate surface area is 76.7 Å². The summed E-state index contributed by atoms with van der Waals surface area (Å²) in [7, 11) is 0. The SMILES string of the molecule is CC(C)(CCN)CCCCCN. The molecule has 0 rings (SSSR count). The number of unbranched alkanes of at least 4 members (excludes halogenated alkanes) is 2. The first-order chi connectivity index (χ1) is 5.62. The van der Waals surface area contributed by atoms with Gasteiger partial charge in [-0.05, 0) is 37.8 Å². The van der Waals surface area contributed by atoms with Crippen LogP contribution in [0.4, 0.5) is 0 Å². The van der Waals surface area contributed by atoms with E-state index in [1.165, 1.54) is 25.7 Å². The summed E-state index contributed by atoms with van der Waals surface area (Å²) in [4.78, 5) is 0. The third-order valence-corrected chi connectivity index (χ3v) is 2.38. The molecule has 0 saturated carbocycles. The smallest absolute Gasteiger partial charge is 0.00722 e. The molecule has 0 aliphatic carbocycles. The predicted molar refractivity (Wildman–Crippen MR) is 55.0 cm³/mol. The highest BCUT2D eigenvalue weighted by molar-refractivity contribution is 4.68. The van der Waals surface area contributed by atoms with Crippen LogP contribution in [0.15, 0.2) is 0 Å². The van der Waals surface area contributed by atoms with Crippen LogP contribution < -0.4 is 11.5 Å². The van der Waals surface area contributed by atoms with Crippen LogP contribution in [0.5, 0.6) is 0 Å². The van der Waals surface area contributed by atoms with Gasteiger partial charge in [-0.1, -0.05) is 26.7 Å². The fourth-order valence-electron chi connectivity index (χ4n) is 1.44. The van der Waals surface area contributed by atoms with Gasteiger partial charge < -0.3 is 11.5 Å². The van der Waals surface area contributed by atoms with E-state index in [1.807, 2.05) is 0 Å². The van der Waals surface area contributed by atoms with Crippen molar-refractivity contribution in [2.24, 2.45) is 16.9 Å². The summed E-state index contributed by atoms with van der Waals surface area (Å²) in [6, 6.07) is 0. The van der Waals surface area contributed by atoms with Crippen LogP contribution in [0.3, 0.4) is 0 Å². The highest BCUT2D eigenvalue weighted by Gasteiger charge is 2.15. The molecule has 0 radical (unpaired) electrons. The lowest BCUT2D eigenvalue weighted by atomic mass is 9.84. The number of rotatable bonds is 7. The predicted octanol–water partition coefficient (Wildman–Crippen LogP) is 1.88. The molecule has 0 aromatic carbocycles. The van der Waals surface area contributed by atoms with E-state index in [1.54, 1.807) is 0 Å². The third-order valence-electron chi connectivity index (χ3n) is 2.38. The van der Waals surface area contributed by atoms with Gasteiger partial charge in [0.05, 0.1) is 0 Å². The highest BCUT2D eigenvalue weighted by atomic mass is 14.5. The lowest BCUT2D eigenvalue weighted by Crippen LogP contribution is -2.16. The fourth-order valence-corrected chi connectivity index (χ4v) is 1.44. The quantitative estimate of drug-likeness (QED) is 0.576. The largest absolute Gasteiger partial charge is 0.330 e. The van der Waals surface area contributed by atoms with Crippen molar-refractivity contribution in [3.8, 4) is 0 Å². The lowest BCUT2D eigenvalue weighted by molar-refractivity contribution is 0.300. The van der Waals surface area contributed by atoms with E-state index in [9.17, 15) is 0 Å². The Hall–Kier alpha value is -0.0800. The van der Waals surface area contributed by atoms with Gasteiger partial charge in [-0.3, -0.25) is 0 Å². The van der Waals surface area contributed by atoms with Crippen LogP contribution in [0.1, 0.15) is 46.0 Å². The summed E-state index contributed by atoms with van der Waals surface area (Å²) in [6.07, 6.45) is 6.15. The van der Waals surface area contributed by atoms with Gasteiger partial charge in [0.15, 0.2) is 0 Å². The molecule has 0 aromatic rings. The normalized spacial score (nSPS) is 12.0. The molecule has 0 unspecified atom stereocenters. The minimum Gasteiger partial charge on any atom is -0.330 e. The standard InChI is InChI=1S/C10H24N2/c1-10(2,7-9-12)6-4-3-5-8-11/h3-9,11-12H2,1-2H3. The summed E-state index contributed by atoms with van der Waals surface area (Å²) >= 11 is 0. The molecular weight excluding hydrogens is 148 g/mol. The molecule has 0 bridgehead atoms. The molecule has 0 spiro atoms. The van der Waals surface area contributed by atoms with Crippen LogP contribution in [0, 0.1) is 5.41 Å². The van der Waals surface area contributed by atoms with Crippen molar-refractivity contribution >= 4 is 0 Å². The van der Waals surface area contributed by atoms with Crippen molar-refractivity contribution in [1.29, 1.82) is 0 Å². The highest BCUT2D eigenvalue weighted by Crippen LogP contribution is 2.26. The Bertz CT molecular complexity index is 100. The van der Waals surface area contributed by atoms with E-state index < -0.39 is 0 Å². The van der Waals surface area contributed by atoms with Crippen LogP contribution >= 0.6 is 0 Å². The van der Waals surface area contributed by atoms with Gasteiger partial charge in [0.25, 0.3) is 0 Å². The van der Waals surface area contributed by atoms with Crippen LogP contribution in [0.25, 0.3) is 0 Å². The summed E-state index contributed by atoms with van der Waals surface area (Å²) in [5.74, 6) is 0. The minimum absolute atomic E-state index is 0.434. The second-order valence-corrected chi connectivity index (χ2v) is 4.30. The van der Waals surface area contributed by atoms with E-state index in [4.69, 9.17) is 11.5 Å². The van der Waals surface area contributed by atoms with Gasteiger partial charge in [-0.2, -0.15) is 0 Å². The van der Waals surface area contributed by atoms with Crippen molar-refractivity contribution in [1.82, 2.24) is 0 Å². The van der Waals surface area contributed by atoms with E-state index in [0.717, 1.165) is 19.5 Å². The van der Waals surface area contributed by atoms with E-state index >= 15 is 0 Å². The van der Waals surface area contributed by atoms with Crippen LogP contribution in [-0.4, -0.2) is 13.1 Å². The molecule has 4 N–H and O–H groups in total. The maximum Gasteiger partial charge on any atom is -0.00722 e. The molecule has 0 aromatic heterocycles. The third kappa shape index (κ3) is 6.62. The lowest BCUT2D eigenvalue weighted by Gasteiger charge is -2.23. The molecule has 0 fully saturated rings. The zero-order valence-electron chi connectivity index (χ0n) is 8.60. The van der Waals surface area contributed by atoms with Crippen LogP contribution in [-0.2, 0) is 0 Å². The molecule has 2 heteroatoms. The maximum atomic E-state index is 5.53. The monoisotopic (exact) mass is 172 g/mol.